The van der Waals surface area contributed by atoms with Crippen LogP contribution in [0.4, 0.5) is 0 Å². The van der Waals surface area contributed by atoms with Crippen molar-refractivity contribution in [2.75, 3.05) is 13.1 Å². The minimum atomic E-state index is 0.473. The van der Waals surface area contributed by atoms with Gasteiger partial charge in [-0.25, -0.2) is 0 Å². The van der Waals surface area contributed by atoms with Gasteiger partial charge < -0.3 is 0 Å². The van der Waals surface area contributed by atoms with E-state index in [2.05, 4.69) is 45.6 Å². The molecule has 2 atom stereocenters. The number of piperidine rings is 3. The van der Waals surface area contributed by atoms with Crippen molar-refractivity contribution in [2.24, 2.45) is 5.41 Å². The molecule has 3 aliphatic heterocycles. The molecule has 3 fully saturated rings. The molecule has 2 nitrogen and oxygen atoms in total. The molecule has 0 N–H and O–H groups in total. The maximum absolute atomic E-state index is 4.74. The molecule has 3 aliphatic rings. The summed E-state index contributed by atoms with van der Waals surface area (Å²) in [6.07, 6.45) is 2.68. The fourth-order valence-corrected chi connectivity index (χ4v) is 4.64. The minimum absolute atomic E-state index is 0.473. The van der Waals surface area contributed by atoms with E-state index >= 15 is 0 Å². The number of aryl methyl sites for hydroxylation is 3. The van der Waals surface area contributed by atoms with E-state index in [1.165, 1.54) is 42.8 Å². The summed E-state index contributed by atoms with van der Waals surface area (Å²) < 4.78 is 0. The van der Waals surface area contributed by atoms with Crippen LogP contribution in [0.3, 0.4) is 0 Å². The molecule has 0 aliphatic carbocycles. The van der Waals surface area contributed by atoms with Crippen molar-refractivity contribution in [1.29, 1.82) is 0 Å². The highest BCUT2D eigenvalue weighted by atomic mass is 15.2. The van der Waals surface area contributed by atoms with Crippen LogP contribution in [0.1, 0.15) is 55.1 Å². The number of pyridine rings is 1. The van der Waals surface area contributed by atoms with Crippen molar-refractivity contribution in [3.63, 3.8) is 0 Å². The van der Waals surface area contributed by atoms with Gasteiger partial charge in [-0.2, -0.15) is 0 Å². The van der Waals surface area contributed by atoms with Crippen LogP contribution in [-0.2, 0) is 0 Å². The summed E-state index contributed by atoms with van der Waals surface area (Å²) in [7, 11) is 0. The second-order valence-electron chi connectivity index (χ2n) is 6.99. The highest BCUT2D eigenvalue weighted by molar-refractivity contribution is 5.37. The van der Waals surface area contributed by atoms with Crippen LogP contribution in [0.2, 0.25) is 0 Å². The van der Waals surface area contributed by atoms with Gasteiger partial charge in [-0.3, -0.25) is 9.88 Å². The summed E-state index contributed by atoms with van der Waals surface area (Å²) in [5.74, 6) is 0.656. The third kappa shape index (κ3) is 1.92. The van der Waals surface area contributed by atoms with E-state index in [-0.39, 0.29) is 0 Å². The van der Waals surface area contributed by atoms with E-state index in [0.717, 1.165) is 5.69 Å². The van der Waals surface area contributed by atoms with Crippen LogP contribution in [0, 0.1) is 26.2 Å². The average molecular weight is 258 g/mol. The van der Waals surface area contributed by atoms with Gasteiger partial charge >= 0.3 is 0 Å². The van der Waals surface area contributed by atoms with Gasteiger partial charge in [0.05, 0.1) is 0 Å². The van der Waals surface area contributed by atoms with Gasteiger partial charge in [-0.1, -0.05) is 6.92 Å². The van der Waals surface area contributed by atoms with Crippen LogP contribution in [-0.4, -0.2) is 29.0 Å². The fraction of sp³-hybridized carbons (Fsp3) is 0.706. The summed E-state index contributed by atoms with van der Waals surface area (Å²) in [6, 6.07) is 2.92. The van der Waals surface area contributed by atoms with Gasteiger partial charge in [0.1, 0.15) is 0 Å². The van der Waals surface area contributed by atoms with Gasteiger partial charge in [0.15, 0.2) is 0 Å². The molecule has 2 unspecified atom stereocenters. The summed E-state index contributed by atoms with van der Waals surface area (Å²) in [5.41, 5.74) is 5.85. The van der Waals surface area contributed by atoms with Crippen molar-refractivity contribution in [3.05, 3.63) is 28.6 Å². The summed E-state index contributed by atoms with van der Waals surface area (Å²) >= 11 is 0. The molecule has 19 heavy (non-hydrogen) atoms. The zero-order valence-electron chi connectivity index (χ0n) is 13.0. The van der Waals surface area contributed by atoms with Crippen LogP contribution in [0.25, 0.3) is 0 Å². The smallest absolute Gasteiger partial charge is 0.0414 e. The van der Waals surface area contributed by atoms with E-state index in [1.807, 2.05) is 0 Å². The van der Waals surface area contributed by atoms with Gasteiger partial charge in [-0.15, -0.1) is 0 Å². The topological polar surface area (TPSA) is 16.1 Å². The molecule has 2 heteroatoms. The fourth-order valence-electron chi connectivity index (χ4n) is 4.64. The maximum atomic E-state index is 4.74. The zero-order chi connectivity index (χ0) is 13.8. The Hall–Kier alpha value is -0.890. The molecule has 3 saturated heterocycles. The van der Waals surface area contributed by atoms with Gasteiger partial charge in [0.2, 0.25) is 0 Å². The molecule has 0 amide bonds. The van der Waals surface area contributed by atoms with Gasteiger partial charge in [0, 0.05) is 23.3 Å². The Labute approximate surface area is 117 Å². The number of hydrogen-bond donors (Lipinski definition) is 0. The molecule has 0 saturated carbocycles. The molecule has 4 heterocycles. The molecular formula is C17H26N2. The molecule has 4 rings (SSSR count). The molecule has 0 radical (unpaired) electrons. The Morgan fingerprint density at radius 1 is 1.21 bits per heavy atom. The minimum Gasteiger partial charge on any atom is -0.300 e. The van der Waals surface area contributed by atoms with Crippen molar-refractivity contribution in [1.82, 2.24) is 9.88 Å². The van der Waals surface area contributed by atoms with E-state index in [9.17, 15) is 0 Å². The first-order valence-electron chi connectivity index (χ1n) is 7.61. The number of nitrogens with zero attached hydrogens (tertiary/aromatic N) is 2. The molecule has 1 aromatic rings. The van der Waals surface area contributed by atoms with Crippen molar-refractivity contribution in [3.8, 4) is 0 Å². The first-order valence-corrected chi connectivity index (χ1v) is 7.61. The lowest BCUT2D eigenvalue weighted by molar-refractivity contribution is -0.0273. The standard InChI is InChI=1S/C17H26N2/c1-11-10-12(2)18-13(3)15(11)16-14(4)19-8-6-17(16,5)7-9-19/h10,14,16H,6-9H2,1-5H3. The zero-order valence-corrected chi connectivity index (χ0v) is 13.0. The van der Waals surface area contributed by atoms with Crippen molar-refractivity contribution < 1.29 is 0 Å². The first-order chi connectivity index (χ1) is 8.92. The van der Waals surface area contributed by atoms with E-state index in [0.29, 0.717) is 17.4 Å². The lowest BCUT2D eigenvalue weighted by atomic mass is 9.60. The van der Waals surface area contributed by atoms with Crippen LogP contribution in [0.5, 0.6) is 0 Å². The van der Waals surface area contributed by atoms with Crippen molar-refractivity contribution in [2.45, 2.75) is 59.4 Å². The highest BCUT2D eigenvalue weighted by Gasteiger charge is 2.49. The predicted molar refractivity (Wildman–Crippen MR) is 79.6 cm³/mol. The van der Waals surface area contributed by atoms with E-state index in [1.54, 1.807) is 0 Å². The Morgan fingerprint density at radius 3 is 2.37 bits per heavy atom. The number of rotatable bonds is 1. The van der Waals surface area contributed by atoms with Crippen LogP contribution < -0.4 is 0 Å². The molecular weight excluding hydrogens is 232 g/mol. The first kappa shape index (κ1) is 13.1. The van der Waals surface area contributed by atoms with Crippen LogP contribution >= 0.6 is 0 Å². The lowest BCUT2D eigenvalue weighted by Gasteiger charge is -2.57. The van der Waals surface area contributed by atoms with Crippen molar-refractivity contribution >= 4 is 0 Å². The average Bonchev–Trinajstić information content (AvgIpc) is 2.32. The van der Waals surface area contributed by atoms with Gasteiger partial charge in [0.25, 0.3) is 0 Å². The summed E-state index contributed by atoms with van der Waals surface area (Å²) in [4.78, 5) is 7.42. The Balaban J connectivity index is 2.11. The quantitative estimate of drug-likeness (QED) is 0.765. The SMILES string of the molecule is Cc1cc(C)c(C2C(C)N3CCC2(C)CC3)c(C)n1. The Morgan fingerprint density at radius 2 is 1.84 bits per heavy atom. The Bertz CT molecular complexity index is 475. The molecule has 2 bridgehead atoms. The Kier molecular flexibility index (Phi) is 2.97. The maximum Gasteiger partial charge on any atom is 0.0414 e. The highest BCUT2D eigenvalue weighted by Crippen LogP contribution is 2.53. The van der Waals surface area contributed by atoms with Gasteiger partial charge in [-0.05, 0) is 76.2 Å². The van der Waals surface area contributed by atoms with Crippen LogP contribution in [0.15, 0.2) is 6.07 Å². The summed E-state index contributed by atoms with van der Waals surface area (Å²) in [5, 5.41) is 0. The number of hydrogen-bond acceptors (Lipinski definition) is 2. The lowest BCUT2D eigenvalue weighted by Crippen LogP contribution is -2.57. The molecule has 0 aromatic carbocycles. The molecule has 104 valence electrons. The number of aromatic nitrogens is 1. The summed E-state index contributed by atoms with van der Waals surface area (Å²) in [6.45, 7) is 14.1. The molecule has 0 spiro atoms. The van der Waals surface area contributed by atoms with E-state index < -0.39 is 0 Å². The molecule has 1 aromatic heterocycles. The largest absolute Gasteiger partial charge is 0.300 e. The second-order valence-corrected chi connectivity index (χ2v) is 6.99. The number of fused-ring (bicyclic) bond motifs is 3. The predicted octanol–water partition coefficient (Wildman–Crippen LogP) is 3.59. The third-order valence-corrected chi connectivity index (χ3v) is 5.64. The third-order valence-electron chi connectivity index (χ3n) is 5.64. The van der Waals surface area contributed by atoms with E-state index in [4.69, 9.17) is 4.98 Å². The second kappa shape index (κ2) is 4.31. The normalized spacial score (nSPS) is 37.6. The monoisotopic (exact) mass is 258 g/mol.